The summed E-state index contributed by atoms with van der Waals surface area (Å²) in [6.45, 7) is 1.58. The average Bonchev–Trinajstić information content (AvgIpc) is 3.41. The maximum Gasteiger partial charge on any atom is 0.255 e. The van der Waals surface area contributed by atoms with Crippen LogP contribution in [0.1, 0.15) is 43.2 Å². The molecule has 0 aliphatic carbocycles. The minimum atomic E-state index is -0.223. The van der Waals surface area contributed by atoms with E-state index < -0.39 is 0 Å². The molecule has 0 atom stereocenters. The SMILES string of the molecule is O=C(NCc1cccc(C(=O)Nc2ccc3c(c2)CN(Cl)CC3)c1)c1ccc(-c2ccc(CO)o2)cc1. The van der Waals surface area contributed by atoms with Gasteiger partial charge in [-0.2, -0.15) is 0 Å². The van der Waals surface area contributed by atoms with Crippen LogP contribution in [0.4, 0.5) is 5.69 Å². The van der Waals surface area contributed by atoms with Gasteiger partial charge in [-0.05, 0) is 83.4 Å². The number of halogens is 1. The number of carbonyl (C=O) groups is 2. The van der Waals surface area contributed by atoms with Gasteiger partial charge in [-0.3, -0.25) is 9.59 Å². The van der Waals surface area contributed by atoms with Crippen LogP contribution in [0, 0.1) is 0 Å². The zero-order chi connectivity index (χ0) is 25.8. The second-order valence-corrected chi connectivity index (χ2v) is 9.39. The summed E-state index contributed by atoms with van der Waals surface area (Å²) >= 11 is 6.15. The van der Waals surface area contributed by atoms with Gasteiger partial charge in [0.25, 0.3) is 11.8 Å². The Labute approximate surface area is 219 Å². The largest absolute Gasteiger partial charge is 0.459 e. The van der Waals surface area contributed by atoms with Crippen molar-refractivity contribution in [2.45, 2.75) is 26.1 Å². The maximum absolute atomic E-state index is 12.9. The molecule has 0 saturated heterocycles. The molecule has 1 aliphatic rings. The van der Waals surface area contributed by atoms with E-state index in [4.69, 9.17) is 21.3 Å². The number of rotatable bonds is 7. The first kappa shape index (κ1) is 24.8. The predicted molar refractivity (Wildman–Crippen MR) is 142 cm³/mol. The zero-order valence-electron chi connectivity index (χ0n) is 20.0. The lowest BCUT2D eigenvalue weighted by atomic mass is 10.0. The van der Waals surface area contributed by atoms with Crippen molar-refractivity contribution in [2.75, 3.05) is 11.9 Å². The molecule has 0 unspecified atom stereocenters. The van der Waals surface area contributed by atoms with Crippen LogP contribution in [0.5, 0.6) is 0 Å². The van der Waals surface area contributed by atoms with E-state index in [0.717, 1.165) is 35.3 Å². The fourth-order valence-corrected chi connectivity index (χ4v) is 4.53. The van der Waals surface area contributed by atoms with Gasteiger partial charge < -0.3 is 20.2 Å². The number of carbonyl (C=O) groups excluding carboxylic acids is 2. The van der Waals surface area contributed by atoms with Crippen molar-refractivity contribution in [3.05, 3.63) is 112 Å². The van der Waals surface area contributed by atoms with Crippen LogP contribution in [0.15, 0.2) is 83.3 Å². The number of fused-ring (bicyclic) bond motifs is 1. The number of aliphatic hydroxyl groups is 1. The Morgan fingerprint density at radius 1 is 0.919 bits per heavy atom. The highest BCUT2D eigenvalue weighted by Gasteiger charge is 2.16. The van der Waals surface area contributed by atoms with E-state index in [9.17, 15) is 9.59 Å². The number of hydrogen-bond acceptors (Lipinski definition) is 5. The molecule has 3 aromatic carbocycles. The molecule has 1 aliphatic heterocycles. The summed E-state index contributed by atoms with van der Waals surface area (Å²) in [5.74, 6) is 0.671. The summed E-state index contributed by atoms with van der Waals surface area (Å²) in [5.41, 5.74) is 5.73. The van der Waals surface area contributed by atoms with Gasteiger partial charge >= 0.3 is 0 Å². The summed E-state index contributed by atoms with van der Waals surface area (Å²) in [4.78, 5) is 25.5. The Balaban J connectivity index is 1.19. The van der Waals surface area contributed by atoms with Gasteiger partial charge in [0.15, 0.2) is 0 Å². The molecular formula is C29H26ClN3O4. The molecule has 2 amide bonds. The summed E-state index contributed by atoms with van der Waals surface area (Å²) in [6.07, 6.45) is 0.889. The summed E-state index contributed by atoms with van der Waals surface area (Å²) < 4.78 is 7.27. The number of hydrogen-bond donors (Lipinski definition) is 3. The minimum absolute atomic E-state index is 0.162. The van der Waals surface area contributed by atoms with E-state index in [-0.39, 0.29) is 25.0 Å². The number of nitrogens with one attached hydrogen (secondary N) is 2. The Kier molecular flexibility index (Phi) is 7.37. The van der Waals surface area contributed by atoms with E-state index in [0.29, 0.717) is 29.2 Å². The lowest BCUT2D eigenvalue weighted by Gasteiger charge is -2.23. The van der Waals surface area contributed by atoms with Crippen molar-refractivity contribution in [1.29, 1.82) is 0 Å². The normalized spacial score (nSPS) is 13.1. The van der Waals surface area contributed by atoms with Crippen LogP contribution in [0.25, 0.3) is 11.3 Å². The third-order valence-electron chi connectivity index (χ3n) is 6.32. The quantitative estimate of drug-likeness (QED) is 0.296. The van der Waals surface area contributed by atoms with E-state index in [1.165, 1.54) is 5.56 Å². The third-order valence-corrected chi connectivity index (χ3v) is 6.61. The van der Waals surface area contributed by atoms with Gasteiger partial charge in [0.05, 0.1) is 0 Å². The van der Waals surface area contributed by atoms with Gasteiger partial charge in [-0.15, -0.1) is 0 Å². The second kappa shape index (κ2) is 11.0. The van der Waals surface area contributed by atoms with Crippen molar-refractivity contribution in [3.63, 3.8) is 0 Å². The zero-order valence-corrected chi connectivity index (χ0v) is 20.8. The standard InChI is InChI=1S/C29H26ClN3O4/c30-33-13-12-20-8-9-25(15-24(20)17-33)32-29(36)23-3-1-2-19(14-23)16-31-28(35)22-6-4-21(5-7-22)27-11-10-26(18-34)37-27/h1-11,14-15,34H,12-13,16-18H2,(H,31,35)(H,32,36). The van der Waals surface area contributed by atoms with Crippen LogP contribution in [-0.4, -0.2) is 27.9 Å². The molecule has 0 saturated carbocycles. The van der Waals surface area contributed by atoms with E-state index in [2.05, 4.69) is 10.6 Å². The number of furan rings is 1. The van der Waals surface area contributed by atoms with Crippen LogP contribution < -0.4 is 10.6 Å². The molecule has 188 valence electrons. The number of nitrogens with zero attached hydrogens (tertiary/aromatic N) is 1. The van der Waals surface area contributed by atoms with Gasteiger partial charge in [-0.1, -0.05) is 30.3 Å². The molecule has 0 radical (unpaired) electrons. The molecule has 3 N–H and O–H groups in total. The van der Waals surface area contributed by atoms with Crippen LogP contribution in [0.2, 0.25) is 0 Å². The molecule has 1 aromatic heterocycles. The molecule has 8 heteroatoms. The number of amides is 2. The van der Waals surface area contributed by atoms with Gasteiger partial charge in [0, 0.05) is 42.0 Å². The molecular weight excluding hydrogens is 490 g/mol. The Morgan fingerprint density at radius 2 is 1.76 bits per heavy atom. The molecule has 5 rings (SSSR count). The highest BCUT2D eigenvalue weighted by Crippen LogP contribution is 2.25. The lowest BCUT2D eigenvalue weighted by Crippen LogP contribution is -2.23. The predicted octanol–water partition coefficient (Wildman–Crippen LogP) is 5.13. The highest BCUT2D eigenvalue weighted by atomic mass is 35.5. The Hall–Kier alpha value is -3.91. The minimum Gasteiger partial charge on any atom is -0.459 e. The van der Waals surface area contributed by atoms with Crippen LogP contribution >= 0.6 is 11.8 Å². The smallest absolute Gasteiger partial charge is 0.255 e. The Bertz CT molecular complexity index is 1430. The van der Waals surface area contributed by atoms with E-state index >= 15 is 0 Å². The molecule has 4 aromatic rings. The average molecular weight is 516 g/mol. The van der Waals surface area contributed by atoms with Gasteiger partial charge in [-0.25, -0.2) is 4.42 Å². The molecule has 0 spiro atoms. The van der Waals surface area contributed by atoms with E-state index in [1.807, 2.05) is 24.3 Å². The first-order valence-electron chi connectivity index (χ1n) is 12.0. The molecule has 0 bridgehead atoms. The maximum atomic E-state index is 12.9. The molecule has 7 nitrogen and oxygen atoms in total. The van der Waals surface area contributed by atoms with Crippen molar-refractivity contribution in [2.24, 2.45) is 0 Å². The fraction of sp³-hybridized carbons (Fsp3) is 0.172. The number of benzene rings is 3. The number of anilines is 1. The third kappa shape index (κ3) is 5.91. The molecule has 2 heterocycles. The van der Waals surface area contributed by atoms with Crippen LogP contribution in [0.3, 0.4) is 0 Å². The summed E-state index contributed by atoms with van der Waals surface area (Å²) in [5, 5.41) is 15.0. The Morgan fingerprint density at radius 3 is 2.54 bits per heavy atom. The monoisotopic (exact) mass is 515 g/mol. The van der Waals surface area contributed by atoms with Crippen molar-refractivity contribution < 1.29 is 19.1 Å². The topological polar surface area (TPSA) is 94.8 Å². The number of aliphatic hydroxyl groups excluding tert-OH is 1. The first-order valence-corrected chi connectivity index (χ1v) is 12.3. The van der Waals surface area contributed by atoms with Crippen molar-refractivity contribution in [3.8, 4) is 11.3 Å². The van der Waals surface area contributed by atoms with E-state index in [1.54, 1.807) is 59.0 Å². The lowest BCUT2D eigenvalue weighted by molar-refractivity contribution is 0.0950. The second-order valence-electron chi connectivity index (χ2n) is 8.92. The molecule has 0 fully saturated rings. The van der Waals surface area contributed by atoms with Crippen LogP contribution in [-0.2, 0) is 26.1 Å². The summed E-state index contributed by atoms with van der Waals surface area (Å²) in [7, 11) is 0. The highest BCUT2D eigenvalue weighted by molar-refractivity contribution is 6.13. The van der Waals surface area contributed by atoms with Gasteiger partial charge in [0.1, 0.15) is 18.1 Å². The van der Waals surface area contributed by atoms with Crippen molar-refractivity contribution in [1.82, 2.24) is 9.74 Å². The fourth-order valence-electron chi connectivity index (χ4n) is 4.31. The molecule has 37 heavy (non-hydrogen) atoms. The van der Waals surface area contributed by atoms with Gasteiger partial charge in [0.2, 0.25) is 0 Å². The van der Waals surface area contributed by atoms with Crippen molar-refractivity contribution >= 4 is 29.3 Å². The first-order chi connectivity index (χ1) is 18.0. The summed E-state index contributed by atoms with van der Waals surface area (Å²) in [6, 6.07) is 23.6.